The predicted molar refractivity (Wildman–Crippen MR) is 76.1 cm³/mol. The number of ether oxygens (including phenoxy) is 2. The fraction of sp³-hybridized carbons (Fsp3) is 0.357. The molecule has 1 atom stereocenters. The highest BCUT2D eigenvalue weighted by Gasteiger charge is 2.12. The van der Waals surface area contributed by atoms with E-state index >= 15 is 0 Å². The van der Waals surface area contributed by atoms with E-state index in [4.69, 9.17) is 9.47 Å². The Morgan fingerprint density at radius 1 is 1.10 bits per heavy atom. The molecule has 6 nitrogen and oxygen atoms in total. The number of anilines is 1. The molecular formula is C14H17FN4O2. The Kier molecular flexibility index (Phi) is 4.52. The lowest BCUT2D eigenvalue weighted by Gasteiger charge is -2.15. The lowest BCUT2D eigenvalue weighted by Crippen LogP contribution is -2.11. The molecule has 0 aliphatic rings. The molecule has 0 spiro atoms. The summed E-state index contributed by atoms with van der Waals surface area (Å²) in [6.07, 6.45) is 0. The van der Waals surface area contributed by atoms with Crippen LogP contribution in [0.1, 0.15) is 24.1 Å². The van der Waals surface area contributed by atoms with Gasteiger partial charge < -0.3 is 14.8 Å². The highest BCUT2D eigenvalue weighted by atomic mass is 19.1. The second-order valence-electron chi connectivity index (χ2n) is 4.51. The number of hydrogen-bond acceptors (Lipinski definition) is 6. The molecule has 112 valence electrons. The molecule has 1 aromatic heterocycles. The van der Waals surface area contributed by atoms with Gasteiger partial charge in [-0.05, 0) is 31.0 Å². The van der Waals surface area contributed by atoms with Gasteiger partial charge in [0.1, 0.15) is 5.82 Å². The molecule has 0 saturated carbocycles. The molecular weight excluding hydrogens is 275 g/mol. The van der Waals surface area contributed by atoms with Gasteiger partial charge >= 0.3 is 12.0 Å². The fourth-order valence-corrected chi connectivity index (χ4v) is 1.74. The Balaban J connectivity index is 2.22. The molecule has 0 saturated heterocycles. The summed E-state index contributed by atoms with van der Waals surface area (Å²) >= 11 is 0. The number of methoxy groups -OCH3 is 2. The Bertz CT molecular complexity index is 614. The summed E-state index contributed by atoms with van der Waals surface area (Å²) in [4.78, 5) is 12.1. The number of hydrogen-bond donors (Lipinski definition) is 1. The van der Waals surface area contributed by atoms with Crippen molar-refractivity contribution in [2.45, 2.75) is 19.9 Å². The van der Waals surface area contributed by atoms with Gasteiger partial charge in [-0.15, -0.1) is 4.98 Å². The summed E-state index contributed by atoms with van der Waals surface area (Å²) in [5, 5.41) is 3.07. The van der Waals surface area contributed by atoms with Crippen molar-refractivity contribution in [2.24, 2.45) is 0 Å². The van der Waals surface area contributed by atoms with Gasteiger partial charge in [0.2, 0.25) is 5.95 Å². The topological polar surface area (TPSA) is 69.2 Å². The molecule has 1 aromatic carbocycles. The minimum Gasteiger partial charge on any atom is -0.467 e. The van der Waals surface area contributed by atoms with E-state index in [1.165, 1.54) is 20.3 Å². The van der Waals surface area contributed by atoms with E-state index in [1.807, 2.05) is 13.0 Å². The molecule has 0 amide bonds. The zero-order valence-electron chi connectivity index (χ0n) is 12.3. The van der Waals surface area contributed by atoms with E-state index in [2.05, 4.69) is 20.3 Å². The SMILES string of the molecule is COc1nc(NC(C)c2ccc(C)c(F)c2)nc(OC)n1. The van der Waals surface area contributed by atoms with E-state index in [1.54, 1.807) is 13.0 Å². The van der Waals surface area contributed by atoms with Crippen molar-refractivity contribution in [2.75, 3.05) is 19.5 Å². The molecule has 2 rings (SSSR count). The second-order valence-corrected chi connectivity index (χ2v) is 4.51. The average molecular weight is 292 g/mol. The molecule has 1 unspecified atom stereocenters. The zero-order valence-corrected chi connectivity index (χ0v) is 12.3. The van der Waals surface area contributed by atoms with Crippen LogP contribution in [0.5, 0.6) is 12.0 Å². The second kappa shape index (κ2) is 6.34. The molecule has 1 N–H and O–H groups in total. The van der Waals surface area contributed by atoms with Crippen LogP contribution < -0.4 is 14.8 Å². The highest BCUT2D eigenvalue weighted by molar-refractivity contribution is 5.34. The highest BCUT2D eigenvalue weighted by Crippen LogP contribution is 2.21. The minimum absolute atomic E-state index is 0.145. The van der Waals surface area contributed by atoms with Crippen LogP contribution in [0.15, 0.2) is 18.2 Å². The molecule has 21 heavy (non-hydrogen) atoms. The van der Waals surface area contributed by atoms with Crippen molar-refractivity contribution in [1.29, 1.82) is 0 Å². The van der Waals surface area contributed by atoms with Gasteiger partial charge in [-0.25, -0.2) is 4.39 Å². The normalized spacial score (nSPS) is 11.9. The number of benzene rings is 1. The number of aromatic nitrogens is 3. The number of aryl methyl sites for hydroxylation is 1. The van der Waals surface area contributed by atoms with E-state index in [-0.39, 0.29) is 23.9 Å². The van der Waals surface area contributed by atoms with Crippen LogP contribution >= 0.6 is 0 Å². The first kappa shape index (κ1) is 15.0. The third-order valence-corrected chi connectivity index (χ3v) is 3.00. The summed E-state index contributed by atoms with van der Waals surface area (Å²) < 4.78 is 23.6. The van der Waals surface area contributed by atoms with Crippen LogP contribution in [0.25, 0.3) is 0 Å². The molecule has 0 aliphatic carbocycles. The largest absolute Gasteiger partial charge is 0.467 e. The summed E-state index contributed by atoms with van der Waals surface area (Å²) in [5.41, 5.74) is 1.39. The Hall–Kier alpha value is -2.44. The van der Waals surface area contributed by atoms with Crippen LogP contribution in [0.3, 0.4) is 0 Å². The quantitative estimate of drug-likeness (QED) is 0.913. The van der Waals surface area contributed by atoms with Crippen molar-refractivity contribution in [3.8, 4) is 12.0 Å². The standard InChI is InChI=1S/C14H17FN4O2/c1-8-5-6-10(7-11(8)15)9(2)16-12-17-13(20-3)19-14(18-12)21-4/h5-7,9H,1-4H3,(H,16,17,18,19). The molecule has 1 heterocycles. The maximum Gasteiger partial charge on any atom is 0.324 e. The van der Waals surface area contributed by atoms with Crippen molar-refractivity contribution >= 4 is 5.95 Å². The van der Waals surface area contributed by atoms with Crippen molar-refractivity contribution in [3.05, 3.63) is 35.1 Å². The van der Waals surface area contributed by atoms with E-state index < -0.39 is 0 Å². The van der Waals surface area contributed by atoms with Gasteiger partial charge in [0.05, 0.1) is 20.3 Å². The minimum atomic E-state index is -0.244. The van der Waals surface area contributed by atoms with Crippen LogP contribution in [-0.4, -0.2) is 29.2 Å². The smallest absolute Gasteiger partial charge is 0.324 e. The molecule has 7 heteroatoms. The van der Waals surface area contributed by atoms with Gasteiger partial charge in [-0.2, -0.15) is 9.97 Å². The van der Waals surface area contributed by atoms with Gasteiger partial charge in [0.15, 0.2) is 0 Å². The molecule has 0 bridgehead atoms. The number of halogens is 1. The molecule has 2 aromatic rings. The van der Waals surface area contributed by atoms with E-state index in [0.717, 1.165) is 5.56 Å². The number of nitrogens with one attached hydrogen (secondary N) is 1. The van der Waals surface area contributed by atoms with Crippen LogP contribution in [0, 0.1) is 12.7 Å². The van der Waals surface area contributed by atoms with Gasteiger partial charge in [0.25, 0.3) is 0 Å². The Labute approximate surface area is 122 Å². The third-order valence-electron chi connectivity index (χ3n) is 3.00. The first-order valence-electron chi connectivity index (χ1n) is 6.40. The van der Waals surface area contributed by atoms with Crippen molar-refractivity contribution in [3.63, 3.8) is 0 Å². The monoisotopic (exact) mass is 292 g/mol. The average Bonchev–Trinajstić information content (AvgIpc) is 2.49. The first-order valence-corrected chi connectivity index (χ1v) is 6.40. The molecule has 0 aliphatic heterocycles. The summed E-state index contributed by atoms with van der Waals surface area (Å²) in [7, 11) is 2.91. The van der Waals surface area contributed by atoms with Gasteiger partial charge in [-0.1, -0.05) is 12.1 Å². The van der Waals surface area contributed by atoms with E-state index in [0.29, 0.717) is 11.5 Å². The number of rotatable bonds is 5. The fourth-order valence-electron chi connectivity index (χ4n) is 1.74. The van der Waals surface area contributed by atoms with Crippen LogP contribution in [0.4, 0.5) is 10.3 Å². The van der Waals surface area contributed by atoms with E-state index in [9.17, 15) is 4.39 Å². The van der Waals surface area contributed by atoms with Gasteiger partial charge in [0, 0.05) is 0 Å². The maximum absolute atomic E-state index is 13.6. The zero-order chi connectivity index (χ0) is 15.4. The predicted octanol–water partition coefficient (Wildman–Crippen LogP) is 2.51. The summed E-state index contributed by atoms with van der Waals surface area (Å²) in [5.74, 6) is 0.0548. The summed E-state index contributed by atoms with van der Waals surface area (Å²) in [6.45, 7) is 3.60. The Morgan fingerprint density at radius 2 is 1.71 bits per heavy atom. The number of nitrogens with zero attached hydrogens (tertiary/aromatic N) is 3. The van der Waals surface area contributed by atoms with Crippen molar-refractivity contribution in [1.82, 2.24) is 15.0 Å². The van der Waals surface area contributed by atoms with Gasteiger partial charge in [-0.3, -0.25) is 0 Å². The van der Waals surface area contributed by atoms with Crippen LogP contribution in [0.2, 0.25) is 0 Å². The Morgan fingerprint density at radius 3 is 2.24 bits per heavy atom. The van der Waals surface area contributed by atoms with Crippen LogP contribution in [-0.2, 0) is 0 Å². The molecule has 0 radical (unpaired) electrons. The lowest BCUT2D eigenvalue weighted by molar-refractivity contribution is 0.341. The summed E-state index contributed by atoms with van der Waals surface area (Å²) in [6, 6.07) is 5.18. The lowest BCUT2D eigenvalue weighted by atomic mass is 10.1. The van der Waals surface area contributed by atoms with Crippen molar-refractivity contribution < 1.29 is 13.9 Å². The molecule has 0 fully saturated rings. The maximum atomic E-state index is 13.6. The third kappa shape index (κ3) is 3.56. The first-order chi connectivity index (χ1) is 10.0.